The Morgan fingerprint density at radius 2 is 0.880 bits per heavy atom. The number of hydrogen-bond donors (Lipinski definition) is 0. The van der Waals surface area contributed by atoms with Gasteiger partial charge in [0.05, 0.1) is 12.4 Å². The predicted octanol–water partition coefficient (Wildman–Crippen LogP) is 8.97. The highest BCUT2D eigenvalue weighted by Gasteiger charge is 2.07. The third kappa shape index (κ3) is 19.7. The Kier molecular flexibility index (Phi) is 21.2. The maximum atomic E-state index is 5.74. The Hall–Kier alpha value is -0.460. The third-order valence-corrected chi connectivity index (χ3v) is 5.30. The minimum atomic E-state index is 0.419. The van der Waals surface area contributed by atoms with Crippen LogP contribution in [0.15, 0.2) is 12.8 Å². The molecule has 1 nitrogen and oxygen atoms in total. The quantitative estimate of drug-likeness (QED) is 0.148. The molecule has 0 aliphatic carbocycles. The molecule has 0 amide bonds. The van der Waals surface area contributed by atoms with Gasteiger partial charge in [0.25, 0.3) is 0 Å². The van der Waals surface area contributed by atoms with Crippen molar-refractivity contribution >= 4 is 0 Å². The number of ether oxygens (including phenoxy) is 1. The number of hydrogen-bond acceptors (Lipinski definition) is 1. The summed E-state index contributed by atoms with van der Waals surface area (Å²) in [6.07, 6.45) is 28.3. The van der Waals surface area contributed by atoms with Crippen molar-refractivity contribution in [3.63, 3.8) is 0 Å². The van der Waals surface area contributed by atoms with Gasteiger partial charge in [-0.1, -0.05) is 117 Å². The van der Waals surface area contributed by atoms with Crippen LogP contribution in [0.25, 0.3) is 0 Å². The molecule has 1 atom stereocenters. The van der Waals surface area contributed by atoms with Crippen LogP contribution in [0.5, 0.6) is 0 Å². The smallest absolute Gasteiger partial charge is 0.0978 e. The minimum absolute atomic E-state index is 0.419. The molecule has 0 bridgehead atoms. The van der Waals surface area contributed by atoms with Gasteiger partial charge < -0.3 is 4.74 Å². The van der Waals surface area contributed by atoms with Gasteiger partial charge in [0.2, 0.25) is 0 Å². The van der Waals surface area contributed by atoms with E-state index in [1.54, 1.807) is 6.26 Å². The lowest BCUT2D eigenvalue weighted by atomic mass is 10.0. The fraction of sp³-hybridized carbons (Fsp3) is 0.917. The normalized spacial score (nSPS) is 12.2. The number of unbranched alkanes of at least 4 members (excludes halogenated alkanes) is 15. The Morgan fingerprint density at radius 3 is 1.20 bits per heavy atom. The van der Waals surface area contributed by atoms with Gasteiger partial charge in [-0.3, -0.25) is 0 Å². The van der Waals surface area contributed by atoms with Crippen LogP contribution in [0.2, 0.25) is 0 Å². The molecule has 150 valence electrons. The summed E-state index contributed by atoms with van der Waals surface area (Å²) in [5.41, 5.74) is 0. The molecular weight excluding hydrogens is 304 g/mol. The lowest BCUT2D eigenvalue weighted by Gasteiger charge is -2.16. The zero-order valence-corrected chi connectivity index (χ0v) is 17.7. The molecule has 0 fully saturated rings. The molecule has 0 aromatic heterocycles. The molecule has 1 heteroatoms. The summed E-state index contributed by atoms with van der Waals surface area (Å²) < 4.78 is 5.74. The molecule has 0 spiro atoms. The summed E-state index contributed by atoms with van der Waals surface area (Å²) in [7, 11) is 0. The van der Waals surface area contributed by atoms with Gasteiger partial charge in [0.15, 0.2) is 0 Å². The van der Waals surface area contributed by atoms with Gasteiger partial charge >= 0.3 is 0 Å². The van der Waals surface area contributed by atoms with E-state index in [0.29, 0.717) is 6.10 Å². The molecule has 1 unspecified atom stereocenters. The van der Waals surface area contributed by atoms with Crippen molar-refractivity contribution in [2.75, 3.05) is 0 Å². The van der Waals surface area contributed by atoms with Crippen LogP contribution in [-0.2, 0) is 4.74 Å². The second kappa shape index (κ2) is 21.6. The first kappa shape index (κ1) is 24.5. The summed E-state index contributed by atoms with van der Waals surface area (Å²) in [6, 6.07) is 0. The van der Waals surface area contributed by atoms with Crippen LogP contribution in [0.4, 0.5) is 0 Å². The molecular formula is C24H48O. The third-order valence-electron chi connectivity index (χ3n) is 5.30. The molecule has 0 aromatic carbocycles. The van der Waals surface area contributed by atoms with Crippen LogP contribution >= 0.6 is 0 Å². The van der Waals surface area contributed by atoms with E-state index in [4.69, 9.17) is 4.74 Å². The molecule has 0 heterocycles. The summed E-state index contributed by atoms with van der Waals surface area (Å²) in [4.78, 5) is 0. The lowest BCUT2D eigenvalue weighted by molar-refractivity contribution is 0.121. The van der Waals surface area contributed by atoms with Gasteiger partial charge in [0, 0.05) is 0 Å². The first-order valence-electron chi connectivity index (χ1n) is 11.6. The van der Waals surface area contributed by atoms with Crippen molar-refractivity contribution in [2.24, 2.45) is 0 Å². The summed E-state index contributed by atoms with van der Waals surface area (Å²) in [5, 5.41) is 0. The summed E-state index contributed by atoms with van der Waals surface area (Å²) in [6.45, 7) is 8.33. The minimum Gasteiger partial charge on any atom is -0.499 e. The molecule has 0 radical (unpaired) electrons. The summed E-state index contributed by atoms with van der Waals surface area (Å²) >= 11 is 0. The van der Waals surface area contributed by atoms with Crippen molar-refractivity contribution in [1.82, 2.24) is 0 Å². The van der Waals surface area contributed by atoms with Gasteiger partial charge in [-0.25, -0.2) is 0 Å². The molecule has 0 aliphatic rings. The van der Waals surface area contributed by atoms with E-state index in [0.717, 1.165) is 0 Å². The van der Waals surface area contributed by atoms with Gasteiger partial charge in [-0.15, -0.1) is 0 Å². The lowest BCUT2D eigenvalue weighted by Crippen LogP contribution is -2.09. The van der Waals surface area contributed by atoms with Crippen molar-refractivity contribution in [1.29, 1.82) is 0 Å². The van der Waals surface area contributed by atoms with Crippen molar-refractivity contribution in [3.05, 3.63) is 12.8 Å². The zero-order valence-electron chi connectivity index (χ0n) is 17.7. The number of rotatable bonds is 21. The monoisotopic (exact) mass is 352 g/mol. The topological polar surface area (TPSA) is 9.23 Å². The van der Waals surface area contributed by atoms with E-state index in [1.165, 1.54) is 122 Å². The molecule has 0 saturated carbocycles. The average molecular weight is 353 g/mol. The highest BCUT2D eigenvalue weighted by Crippen LogP contribution is 2.17. The zero-order chi connectivity index (χ0) is 18.4. The van der Waals surface area contributed by atoms with Crippen LogP contribution in [0.3, 0.4) is 0 Å². The second-order valence-electron chi connectivity index (χ2n) is 7.81. The molecule has 25 heavy (non-hydrogen) atoms. The maximum absolute atomic E-state index is 5.74. The fourth-order valence-corrected chi connectivity index (χ4v) is 3.61. The Labute approximate surface area is 160 Å². The van der Waals surface area contributed by atoms with E-state index in [-0.39, 0.29) is 0 Å². The van der Waals surface area contributed by atoms with E-state index in [9.17, 15) is 0 Å². The Balaban J connectivity index is 3.44. The van der Waals surface area contributed by atoms with Crippen LogP contribution in [0, 0.1) is 0 Å². The first-order chi connectivity index (χ1) is 12.3. The largest absolute Gasteiger partial charge is 0.499 e. The predicted molar refractivity (Wildman–Crippen MR) is 114 cm³/mol. The van der Waals surface area contributed by atoms with Crippen molar-refractivity contribution in [3.8, 4) is 0 Å². The van der Waals surface area contributed by atoms with Crippen molar-refractivity contribution in [2.45, 2.75) is 142 Å². The first-order valence-corrected chi connectivity index (χ1v) is 11.6. The van der Waals surface area contributed by atoms with E-state index < -0.39 is 0 Å². The standard InChI is InChI=1S/C24H48O/c1-4-7-9-11-13-15-17-19-21-23-24(25-6-3)22-20-18-16-14-12-10-8-5-2/h6,24H,3-5,7-23H2,1-2H3. The van der Waals surface area contributed by atoms with E-state index >= 15 is 0 Å². The van der Waals surface area contributed by atoms with E-state index in [1.807, 2.05) is 0 Å². The van der Waals surface area contributed by atoms with Crippen LogP contribution in [0.1, 0.15) is 136 Å². The van der Waals surface area contributed by atoms with Crippen LogP contribution in [-0.4, -0.2) is 6.10 Å². The van der Waals surface area contributed by atoms with Crippen molar-refractivity contribution < 1.29 is 4.74 Å². The van der Waals surface area contributed by atoms with E-state index in [2.05, 4.69) is 20.4 Å². The Morgan fingerprint density at radius 1 is 0.560 bits per heavy atom. The second-order valence-corrected chi connectivity index (χ2v) is 7.81. The average Bonchev–Trinajstić information content (AvgIpc) is 2.62. The van der Waals surface area contributed by atoms with Gasteiger partial charge in [0.1, 0.15) is 0 Å². The maximum Gasteiger partial charge on any atom is 0.0978 e. The SMILES string of the molecule is C=COC(CCCCCCCCCC)CCCCCCCCCCC. The molecule has 0 aromatic rings. The Bertz CT molecular complexity index is 248. The molecule has 0 saturated heterocycles. The van der Waals surface area contributed by atoms with Gasteiger partial charge in [-0.05, 0) is 25.7 Å². The summed E-state index contributed by atoms with van der Waals surface area (Å²) in [5.74, 6) is 0. The van der Waals surface area contributed by atoms with Gasteiger partial charge in [-0.2, -0.15) is 0 Å². The fourth-order valence-electron chi connectivity index (χ4n) is 3.61. The molecule has 0 rings (SSSR count). The molecule has 0 aliphatic heterocycles. The molecule has 0 N–H and O–H groups in total. The van der Waals surface area contributed by atoms with Crippen LogP contribution < -0.4 is 0 Å². The highest BCUT2D eigenvalue weighted by atomic mass is 16.5. The highest BCUT2D eigenvalue weighted by molar-refractivity contribution is 4.64.